The smallest absolute Gasteiger partial charge is 0.155 e. The maximum atomic E-state index is 11.6. The third kappa shape index (κ3) is 3.88. The number of hydrogen-bond donors (Lipinski definition) is 1. The molecule has 1 aromatic rings. The summed E-state index contributed by atoms with van der Waals surface area (Å²) < 4.78 is 29.6. The highest BCUT2D eigenvalue weighted by molar-refractivity contribution is 9.10. The minimum atomic E-state index is -3.08. The Balaban J connectivity index is 2.71. The first-order chi connectivity index (χ1) is 8.24. The minimum absolute atomic E-state index is 0.000386. The average Bonchev–Trinajstić information content (AvgIpc) is 2.21. The number of aryl methyl sites for hydroxylation is 1. The molecule has 0 aliphatic heterocycles. The Bertz CT molecular complexity index is 503. The molecule has 0 radical (unpaired) electrons. The molecule has 0 heterocycles. The van der Waals surface area contributed by atoms with E-state index in [9.17, 15) is 8.42 Å². The Morgan fingerprint density at radius 1 is 1.39 bits per heavy atom. The summed E-state index contributed by atoms with van der Waals surface area (Å²) in [6, 6.07) is 3.61. The van der Waals surface area contributed by atoms with Crippen LogP contribution in [-0.2, 0) is 9.84 Å². The van der Waals surface area contributed by atoms with Gasteiger partial charge in [0.2, 0.25) is 0 Å². The molecule has 0 spiro atoms. The van der Waals surface area contributed by atoms with Gasteiger partial charge in [0.1, 0.15) is 12.4 Å². The van der Waals surface area contributed by atoms with Crippen LogP contribution >= 0.6 is 15.9 Å². The van der Waals surface area contributed by atoms with Crippen molar-refractivity contribution < 1.29 is 13.2 Å². The Hall–Kier alpha value is -0.750. The summed E-state index contributed by atoms with van der Waals surface area (Å²) in [4.78, 5) is 0. The third-order valence-corrected chi connectivity index (χ3v) is 5.23. The average molecular weight is 336 g/mol. The van der Waals surface area contributed by atoms with Gasteiger partial charge in [-0.25, -0.2) is 8.42 Å². The van der Waals surface area contributed by atoms with Crippen LogP contribution in [0.1, 0.15) is 19.4 Å². The van der Waals surface area contributed by atoms with Crippen LogP contribution in [0.15, 0.2) is 16.6 Å². The van der Waals surface area contributed by atoms with Crippen LogP contribution in [0.2, 0.25) is 0 Å². The fourth-order valence-electron chi connectivity index (χ4n) is 1.45. The van der Waals surface area contributed by atoms with Crippen molar-refractivity contribution in [1.82, 2.24) is 0 Å². The van der Waals surface area contributed by atoms with E-state index in [0.29, 0.717) is 11.4 Å². The van der Waals surface area contributed by atoms with Crippen molar-refractivity contribution in [2.75, 3.05) is 18.1 Å². The summed E-state index contributed by atoms with van der Waals surface area (Å²) in [5, 5.41) is -0.385. The Labute approximate surface area is 117 Å². The number of nitrogen functional groups attached to an aromatic ring is 1. The van der Waals surface area contributed by atoms with Gasteiger partial charge < -0.3 is 10.5 Å². The summed E-state index contributed by atoms with van der Waals surface area (Å²) in [6.45, 7) is 5.31. The second kappa shape index (κ2) is 5.93. The first-order valence-electron chi connectivity index (χ1n) is 5.64. The molecule has 0 aromatic heterocycles. The van der Waals surface area contributed by atoms with Gasteiger partial charge in [-0.3, -0.25) is 0 Å². The van der Waals surface area contributed by atoms with Gasteiger partial charge in [-0.15, -0.1) is 0 Å². The number of rotatable bonds is 5. The summed E-state index contributed by atoms with van der Waals surface area (Å²) in [6.07, 6.45) is 0. The zero-order chi connectivity index (χ0) is 13.9. The second-order valence-corrected chi connectivity index (χ2v) is 8.00. The monoisotopic (exact) mass is 335 g/mol. The van der Waals surface area contributed by atoms with Gasteiger partial charge in [-0.05, 0) is 38.5 Å². The minimum Gasteiger partial charge on any atom is -0.490 e. The van der Waals surface area contributed by atoms with Crippen LogP contribution in [-0.4, -0.2) is 26.0 Å². The van der Waals surface area contributed by atoms with Gasteiger partial charge >= 0.3 is 0 Å². The van der Waals surface area contributed by atoms with Crippen molar-refractivity contribution in [2.24, 2.45) is 0 Å². The summed E-state index contributed by atoms with van der Waals surface area (Å²) in [7, 11) is -3.08. The molecule has 102 valence electrons. The topological polar surface area (TPSA) is 69.4 Å². The number of benzene rings is 1. The zero-order valence-corrected chi connectivity index (χ0v) is 13.1. The summed E-state index contributed by atoms with van der Waals surface area (Å²) in [5.74, 6) is 0.553. The van der Waals surface area contributed by atoms with Crippen molar-refractivity contribution in [1.29, 1.82) is 0 Å². The Morgan fingerprint density at radius 2 is 2.00 bits per heavy atom. The zero-order valence-electron chi connectivity index (χ0n) is 10.7. The highest BCUT2D eigenvalue weighted by atomic mass is 79.9. The third-order valence-electron chi connectivity index (χ3n) is 2.60. The molecular formula is C12H18BrNO3S. The van der Waals surface area contributed by atoms with E-state index in [1.807, 2.05) is 13.0 Å². The van der Waals surface area contributed by atoms with Crippen molar-refractivity contribution in [3.8, 4) is 5.75 Å². The molecule has 4 nitrogen and oxygen atoms in total. The molecule has 2 N–H and O–H groups in total. The lowest BCUT2D eigenvalue weighted by Crippen LogP contribution is -2.22. The highest BCUT2D eigenvalue weighted by Crippen LogP contribution is 2.30. The van der Waals surface area contributed by atoms with Gasteiger partial charge in [0.05, 0.1) is 16.7 Å². The largest absolute Gasteiger partial charge is 0.490 e. The molecule has 0 bridgehead atoms. The van der Waals surface area contributed by atoms with E-state index >= 15 is 0 Å². The van der Waals surface area contributed by atoms with Gasteiger partial charge in [0, 0.05) is 4.47 Å². The summed E-state index contributed by atoms with van der Waals surface area (Å²) >= 11 is 3.33. The quantitative estimate of drug-likeness (QED) is 0.839. The predicted molar refractivity (Wildman–Crippen MR) is 77.7 cm³/mol. The molecule has 0 amide bonds. The molecule has 0 atom stereocenters. The summed E-state index contributed by atoms with van der Waals surface area (Å²) in [5.41, 5.74) is 7.21. The molecule has 0 aliphatic rings. The number of anilines is 1. The first kappa shape index (κ1) is 15.3. The van der Waals surface area contributed by atoms with Gasteiger partial charge in [0.25, 0.3) is 0 Å². The molecule has 1 rings (SSSR count). The maximum Gasteiger partial charge on any atom is 0.155 e. The van der Waals surface area contributed by atoms with E-state index in [1.54, 1.807) is 19.9 Å². The molecule has 6 heteroatoms. The van der Waals surface area contributed by atoms with Crippen LogP contribution in [0.3, 0.4) is 0 Å². The van der Waals surface area contributed by atoms with Crippen LogP contribution in [0.5, 0.6) is 5.75 Å². The number of ether oxygens (including phenoxy) is 1. The SMILES string of the molecule is Cc1cc(Br)cc(N)c1OCCS(=O)(=O)C(C)C. The lowest BCUT2D eigenvalue weighted by atomic mass is 10.2. The van der Waals surface area contributed by atoms with E-state index in [-0.39, 0.29) is 17.6 Å². The van der Waals surface area contributed by atoms with Crippen molar-refractivity contribution in [2.45, 2.75) is 26.0 Å². The number of nitrogens with two attached hydrogens (primary N) is 1. The van der Waals surface area contributed by atoms with Crippen LogP contribution in [0, 0.1) is 6.92 Å². The van der Waals surface area contributed by atoms with Crippen molar-refractivity contribution in [3.05, 3.63) is 22.2 Å². The van der Waals surface area contributed by atoms with Crippen LogP contribution in [0.25, 0.3) is 0 Å². The van der Waals surface area contributed by atoms with Crippen LogP contribution < -0.4 is 10.5 Å². The molecule has 0 saturated heterocycles. The molecule has 0 saturated carbocycles. The van der Waals surface area contributed by atoms with E-state index in [1.165, 1.54) is 0 Å². The fraction of sp³-hybridized carbons (Fsp3) is 0.500. The van der Waals surface area contributed by atoms with Gasteiger partial charge in [-0.1, -0.05) is 15.9 Å². The van der Waals surface area contributed by atoms with Gasteiger partial charge in [-0.2, -0.15) is 0 Å². The number of sulfone groups is 1. The second-order valence-electron chi connectivity index (χ2n) is 4.41. The number of halogens is 1. The molecular weight excluding hydrogens is 318 g/mol. The van der Waals surface area contributed by atoms with E-state index in [4.69, 9.17) is 10.5 Å². The maximum absolute atomic E-state index is 11.6. The fourth-order valence-corrected chi connectivity index (χ4v) is 2.83. The molecule has 0 unspecified atom stereocenters. The van der Waals surface area contributed by atoms with E-state index in [0.717, 1.165) is 10.0 Å². The molecule has 1 aromatic carbocycles. The molecule has 0 aliphatic carbocycles. The lowest BCUT2D eigenvalue weighted by molar-refractivity contribution is 0.340. The first-order valence-corrected chi connectivity index (χ1v) is 8.15. The van der Waals surface area contributed by atoms with E-state index in [2.05, 4.69) is 15.9 Å². The Kier molecular flexibility index (Phi) is 5.04. The molecule has 18 heavy (non-hydrogen) atoms. The lowest BCUT2D eigenvalue weighted by Gasteiger charge is -2.13. The van der Waals surface area contributed by atoms with Crippen molar-refractivity contribution >= 4 is 31.5 Å². The highest BCUT2D eigenvalue weighted by Gasteiger charge is 2.16. The standard InChI is InChI=1S/C12H18BrNO3S/c1-8(2)18(15,16)5-4-17-12-9(3)6-10(13)7-11(12)14/h6-8H,4-5,14H2,1-3H3. The predicted octanol–water partition coefficient (Wildman–Crippen LogP) is 2.54. The van der Waals surface area contributed by atoms with Crippen LogP contribution in [0.4, 0.5) is 5.69 Å². The van der Waals surface area contributed by atoms with E-state index < -0.39 is 9.84 Å². The number of hydrogen-bond acceptors (Lipinski definition) is 4. The normalized spacial score (nSPS) is 11.8. The van der Waals surface area contributed by atoms with Crippen molar-refractivity contribution in [3.63, 3.8) is 0 Å². The Morgan fingerprint density at radius 3 is 2.50 bits per heavy atom. The van der Waals surface area contributed by atoms with Gasteiger partial charge in [0.15, 0.2) is 9.84 Å². The molecule has 0 fully saturated rings.